The van der Waals surface area contributed by atoms with Crippen molar-refractivity contribution in [1.29, 1.82) is 10.5 Å². The van der Waals surface area contributed by atoms with Gasteiger partial charge in [0.15, 0.2) is 0 Å². The van der Waals surface area contributed by atoms with Gasteiger partial charge in [0, 0.05) is 17.9 Å². The third kappa shape index (κ3) is 3.08. The lowest BCUT2D eigenvalue weighted by atomic mass is 10.1. The molecular weight excluding hydrogens is 236 g/mol. The number of nitrogens with one attached hydrogen (secondary N) is 1. The number of hydrogen-bond acceptors (Lipinski definition) is 4. The monoisotopic (exact) mass is 248 g/mol. The molecule has 1 heterocycles. The average molecular weight is 248 g/mol. The third-order valence-electron chi connectivity index (χ3n) is 2.80. The van der Waals surface area contributed by atoms with E-state index in [1.54, 1.807) is 24.4 Å². The number of anilines is 1. The van der Waals surface area contributed by atoms with Gasteiger partial charge in [0.1, 0.15) is 11.8 Å². The van der Waals surface area contributed by atoms with E-state index in [0.717, 1.165) is 11.3 Å². The van der Waals surface area contributed by atoms with Gasteiger partial charge in [-0.1, -0.05) is 12.1 Å². The number of hydrogen-bond donors (Lipinski definition) is 1. The van der Waals surface area contributed by atoms with Crippen LogP contribution in [0.2, 0.25) is 0 Å². The van der Waals surface area contributed by atoms with E-state index in [1.807, 2.05) is 31.2 Å². The molecule has 0 aliphatic carbocycles. The smallest absolute Gasteiger partial charge is 0.142 e. The van der Waals surface area contributed by atoms with Crippen LogP contribution in [0, 0.1) is 22.7 Å². The van der Waals surface area contributed by atoms with E-state index in [4.69, 9.17) is 10.5 Å². The fourth-order valence-electron chi connectivity index (χ4n) is 1.76. The van der Waals surface area contributed by atoms with Gasteiger partial charge in [-0.3, -0.25) is 0 Å². The molecule has 0 aliphatic heterocycles. The SMILES string of the molecule is CC(Nc1ccnc(C#N)c1)c1ccc(C#N)cc1. The summed E-state index contributed by atoms with van der Waals surface area (Å²) < 4.78 is 0. The Balaban J connectivity index is 2.14. The van der Waals surface area contributed by atoms with Crippen molar-refractivity contribution in [2.24, 2.45) is 0 Å². The van der Waals surface area contributed by atoms with E-state index in [1.165, 1.54) is 0 Å². The van der Waals surface area contributed by atoms with Crippen molar-refractivity contribution >= 4 is 5.69 Å². The Morgan fingerprint density at radius 3 is 2.47 bits per heavy atom. The molecule has 2 aromatic rings. The number of nitriles is 2. The fraction of sp³-hybridized carbons (Fsp3) is 0.133. The molecule has 0 saturated carbocycles. The number of rotatable bonds is 3. The molecule has 0 spiro atoms. The van der Waals surface area contributed by atoms with Gasteiger partial charge in [0.25, 0.3) is 0 Å². The Morgan fingerprint density at radius 1 is 1.11 bits per heavy atom. The first-order valence-corrected chi connectivity index (χ1v) is 5.85. The first-order valence-electron chi connectivity index (χ1n) is 5.85. The molecule has 2 rings (SSSR count). The normalized spacial score (nSPS) is 11.1. The van der Waals surface area contributed by atoms with Crippen molar-refractivity contribution < 1.29 is 0 Å². The highest BCUT2D eigenvalue weighted by molar-refractivity contribution is 5.48. The van der Waals surface area contributed by atoms with Gasteiger partial charge in [0.05, 0.1) is 11.6 Å². The third-order valence-corrected chi connectivity index (χ3v) is 2.80. The second-order valence-corrected chi connectivity index (χ2v) is 4.14. The highest BCUT2D eigenvalue weighted by atomic mass is 14.9. The lowest BCUT2D eigenvalue weighted by Gasteiger charge is -2.15. The van der Waals surface area contributed by atoms with Crippen molar-refractivity contribution in [1.82, 2.24) is 4.98 Å². The maximum Gasteiger partial charge on any atom is 0.142 e. The fourth-order valence-corrected chi connectivity index (χ4v) is 1.76. The molecule has 0 amide bonds. The van der Waals surface area contributed by atoms with Gasteiger partial charge < -0.3 is 5.32 Å². The minimum absolute atomic E-state index is 0.0849. The van der Waals surface area contributed by atoms with Gasteiger partial charge in [-0.2, -0.15) is 10.5 Å². The molecule has 0 fully saturated rings. The molecular formula is C15H12N4. The van der Waals surface area contributed by atoms with Crippen molar-refractivity contribution in [3.63, 3.8) is 0 Å². The maximum atomic E-state index is 8.80. The standard InChI is InChI=1S/C15H12N4/c1-11(13-4-2-12(9-16)3-5-13)19-14-6-7-18-15(8-14)10-17/h2-8,11H,1H3,(H,18,19). The molecule has 1 atom stereocenters. The second kappa shape index (κ2) is 5.66. The van der Waals surface area contributed by atoms with E-state index in [9.17, 15) is 0 Å². The molecule has 4 nitrogen and oxygen atoms in total. The summed E-state index contributed by atoms with van der Waals surface area (Å²) in [6, 6.07) is 15.1. The van der Waals surface area contributed by atoms with Crippen LogP contribution in [0.15, 0.2) is 42.6 Å². The summed E-state index contributed by atoms with van der Waals surface area (Å²) in [6.07, 6.45) is 1.60. The minimum Gasteiger partial charge on any atom is -0.378 e. The predicted octanol–water partition coefficient (Wildman–Crippen LogP) is 3.00. The summed E-state index contributed by atoms with van der Waals surface area (Å²) in [7, 11) is 0. The highest BCUT2D eigenvalue weighted by Crippen LogP contribution is 2.19. The molecule has 4 heteroatoms. The summed E-state index contributed by atoms with van der Waals surface area (Å²) in [4.78, 5) is 3.92. The topological polar surface area (TPSA) is 72.5 Å². The van der Waals surface area contributed by atoms with Crippen LogP contribution in [0.3, 0.4) is 0 Å². The van der Waals surface area contributed by atoms with Crippen molar-refractivity contribution in [2.45, 2.75) is 13.0 Å². The van der Waals surface area contributed by atoms with Crippen LogP contribution in [0.5, 0.6) is 0 Å². The lowest BCUT2D eigenvalue weighted by Crippen LogP contribution is -2.06. The maximum absolute atomic E-state index is 8.80. The highest BCUT2D eigenvalue weighted by Gasteiger charge is 2.06. The van der Waals surface area contributed by atoms with Crippen LogP contribution in [0.4, 0.5) is 5.69 Å². The number of pyridine rings is 1. The van der Waals surface area contributed by atoms with Crippen molar-refractivity contribution in [2.75, 3.05) is 5.32 Å². The van der Waals surface area contributed by atoms with Crippen LogP contribution in [-0.2, 0) is 0 Å². The van der Waals surface area contributed by atoms with E-state index < -0.39 is 0 Å². The van der Waals surface area contributed by atoms with E-state index in [2.05, 4.69) is 16.4 Å². The van der Waals surface area contributed by atoms with Crippen molar-refractivity contribution in [3.8, 4) is 12.1 Å². The number of nitrogens with zero attached hydrogens (tertiary/aromatic N) is 3. The second-order valence-electron chi connectivity index (χ2n) is 4.14. The summed E-state index contributed by atoms with van der Waals surface area (Å²) in [6.45, 7) is 2.02. The Morgan fingerprint density at radius 2 is 1.84 bits per heavy atom. The summed E-state index contributed by atoms with van der Waals surface area (Å²) in [5.74, 6) is 0. The zero-order valence-electron chi connectivity index (χ0n) is 10.5. The minimum atomic E-state index is 0.0849. The van der Waals surface area contributed by atoms with E-state index >= 15 is 0 Å². The summed E-state index contributed by atoms with van der Waals surface area (Å²) >= 11 is 0. The number of aromatic nitrogens is 1. The van der Waals surface area contributed by atoms with Gasteiger partial charge >= 0.3 is 0 Å². The summed E-state index contributed by atoms with van der Waals surface area (Å²) in [5, 5.41) is 20.9. The predicted molar refractivity (Wildman–Crippen MR) is 72.1 cm³/mol. The molecule has 92 valence electrons. The van der Waals surface area contributed by atoms with Crippen molar-refractivity contribution in [3.05, 3.63) is 59.4 Å². The molecule has 1 aromatic carbocycles. The van der Waals surface area contributed by atoms with E-state index in [0.29, 0.717) is 11.3 Å². The molecule has 0 radical (unpaired) electrons. The molecule has 1 unspecified atom stereocenters. The zero-order valence-corrected chi connectivity index (χ0v) is 10.5. The Kier molecular flexibility index (Phi) is 3.75. The number of benzene rings is 1. The lowest BCUT2D eigenvalue weighted by molar-refractivity contribution is 0.883. The zero-order chi connectivity index (χ0) is 13.7. The molecule has 1 aromatic heterocycles. The quantitative estimate of drug-likeness (QED) is 0.906. The van der Waals surface area contributed by atoms with Crippen LogP contribution < -0.4 is 5.32 Å². The van der Waals surface area contributed by atoms with Crippen LogP contribution >= 0.6 is 0 Å². The van der Waals surface area contributed by atoms with Gasteiger partial charge in [-0.25, -0.2) is 4.98 Å². The molecule has 0 saturated heterocycles. The average Bonchev–Trinajstić information content (AvgIpc) is 2.47. The first kappa shape index (κ1) is 12.6. The Hall–Kier alpha value is -2.85. The van der Waals surface area contributed by atoms with Gasteiger partial charge in [0.2, 0.25) is 0 Å². The van der Waals surface area contributed by atoms with E-state index in [-0.39, 0.29) is 6.04 Å². The molecule has 0 aliphatic rings. The van der Waals surface area contributed by atoms with Gasteiger partial charge in [-0.05, 0) is 36.8 Å². The molecule has 19 heavy (non-hydrogen) atoms. The summed E-state index contributed by atoms with van der Waals surface area (Å²) in [5.41, 5.74) is 2.96. The molecule has 1 N–H and O–H groups in total. The molecule has 0 bridgehead atoms. The Labute approximate surface area is 112 Å². The largest absolute Gasteiger partial charge is 0.378 e. The van der Waals surface area contributed by atoms with Crippen LogP contribution in [0.1, 0.15) is 29.8 Å². The van der Waals surface area contributed by atoms with Crippen LogP contribution in [-0.4, -0.2) is 4.98 Å². The first-order chi connectivity index (χ1) is 9.22. The van der Waals surface area contributed by atoms with Crippen LogP contribution in [0.25, 0.3) is 0 Å². The Bertz CT molecular complexity index is 647. The van der Waals surface area contributed by atoms with Gasteiger partial charge in [-0.15, -0.1) is 0 Å².